The van der Waals surface area contributed by atoms with E-state index in [4.69, 9.17) is 10.2 Å². The number of fused-ring (bicyclic) bond motifs is 2. The lowest BCUT2D eigenvalue weighted by Crippen LogP contribution is -2.17. The first-order chi connectivity index (χ1) is 17.2. The zero-order valence-electron chi connectivity index (χ0n) is 19.2. The summed E-state index contributed by atoms with van der Waals surface area (Å²) in [5.74, 6) is -0.353. The lowest BCUT2D eigenvalue weighted by atomic mass is 10.1. The zero-order chi connectivity index (χ0) is 24.0. The van der Waals surface area contributed by atoms with E-state index < -0.39 is 0 Å². The van der Waals surface area contributed by atoms with Crippen molar-refractivity contribution in [2.45, 2.75) is 32.2 Å². The summed E-state index contributed by atoms with van der Waals surface area (Å²) in [5, 5.41) is 22.9. The van der Waals surface area contributed by atoms with Crippen molar-refractivity contribution in [3.63, 3.8) is 0 Å². The largest absolute Gasteiger partial charge is 0.354 e. The number of anilines is 2. The molecule has 2 aromatic heterocycles. The van der Waals surface area contributed by atoms with Crippen LogP contribution in [0.15, 0.2) is 79.0 Å². The van der Waals surface area contributed by atoms with Crippen molar-refractivity contribution >= 4 is 39.1 Å². The van der Waals surface area contributed by atoms with Gasteiger partial charge in [0.2, 0.25) is 5.91 Å². The predicted molar refractivity (Wildman–Crippen MR) is 136 cm³/mol. The first kappa shape index (κ1) is 22.5. The maximum Gasteiger partial charge on any atom is 0.243 e. The molecule has 0 aliphatic rings. The van der Waals surface area contributed by atoms with Crippen LogP contribution in [0.5, 0.6) is 0 Å². The Kier molecular flexibility index (Phi) is 6.63. The first-order valence-electron chi connectivity index (χ1n) is 11.7. The van der Waals surface area contributed by atoms with E-state index in [2.05, 4.69) is 33.8 Å². The fraction of sp³-hybridized carbons (Fsp3) is 0.185. The number of para-hydroxylation sites is 2. The van der Waals surface area contributed by atoms with Crippen LogP contribution in [0.1, 0.15) is 25.7 Å². The zero-order valence-corrected chi connectivity index (χ0v) is 19.2. The summed E-state index contributed by atoms with van der Waals surface area (Å²) < 4.78 is 1.82. The van der Waals surface area contributed by atoms with Crippen molar-refractivity contribution in [3.8, 4) is 11.3 Å². The molecule has 2 heterocycles. The number of carbonyl (C=O) groups excluding carboxylic acids is 1. The Morgan fingerprint density at radius 1 is 0.886 bits per heavy atom. The van der Waals surface area contributed by atoms with Gasteiger partial charge in [0.1, 0.15) is 5.69 Å². The number of amides is 1. The third-order valence-electron chi connectivity index (χ3n) is 5.97. The number of hydrogen-bond donors (Lipinski definition) is 3. The van der Waals surface area contributed by atoms with Gasteiger partial charge in [-0.1, -0.05) is 60.2 Å². The maximum absolute atomic E-state index is 11.1. The Morgan fingerprint density at radius 2 is 1.63 bits per heavy atom. The lowest BCUT2D eigenvalue weighted by Gasteiger charge is -2.14. The van der Waals surface area contributed by atoms with Crippen LogP contribution in [0.4, 0.5) is 11.4 Å². The summed E-state index contributed by atoms with van der Waals surface area (Å²) in [5.41, 5.74) is 7.32. The fourth-order valence-corrected chi connectivity index (χ4v) is 4.21. The molecular weight excluding hydrogens is 440 g/mol. The molecule has 0 aliphatic carbocycles. The molecule has 8 heteroatoms. The molecule has 1 amide bonds. The number of carbonyl (C=O) groups is 1. The van der Waals surface area contributed by atoms with Gasteiger partial charge in [0, 0.05) is 35.0 Å². The molecule has 176 valence electrons. The summed E-state index contributed by atoms with van der Waals surface area (Å²) in [7, 11) is 0. The third-order valence-corrected chi connectivity index (χ3v) is 5.97. The van der Waals surface area contributed by atoms with Gasteiger partial charge in [-0.2, -0.15) is 0 Å². The fourth-order valence-electron chi connectivity index (χ4n) is 4.21. The van der Waals surface area contributed by atoms with Crippen LogP contribution < -0.4 is 10.8 Å². The van der Waals surface area contributed by atoms with Gasteiger partial charge in [-0.15, -0.1) is 5.10 Å². The highest BCUT2D eigenvalue weighted by Crippen LogP contribution is 2.33. The van der Waals surface area contributed by atoms with Crippen LogP contribution >= 0.6 is 0 Å². The number of rotatable bonds is 9. The Morgan fingerprint density at radius 3 is 2.37 bits per heavy atom. The molecule has 0 spiro atoms. The van der Waals surface area contributed by atoms with Gasteiger partial charge in [0.15, 0.2) is 0 Å². The van der Waals surface area contributed by atoms with Crippen LogP contribution in [-0.2, 0) is 11.3 Å². The summed E-state index contributed by atoms with van der Waals surface area (Å²) in [6.45, 7) is 0.723. The molecule has 0 aliphatic heterocycles. The molecule has 0 saturated heterocycles. The number of aromatic nitrogens is 4. The minimum absolute atomic E-state index is 0.320. The van der Waals surface area contributed by atoms with Crippen LogP contribution in [0, 0.1) is 0 Å². The Balaban J connectivity index is 1.34. The molecule has 3 aromatic carbocycles. The van der Waals surface area contributed by atoms with E-state index in [1.54, 1.807) is 5.48 Å². The quantitative estimate of drug-likeness (QED) is 0.115. The number of benzene rings is 3. The second-order valence-corrected chi connectivity index (χ2v) is 8.44. The molecule has 5 rings (SSSR count). The van der Waals surface area contributed by atoms with E-state index in [0.717, 1.165) is 70.2 Å². The van der Waals surface area contributed by atoms with Gasteiger partial charge in [-0.05, 0) is 37.1 Å². The number of unbranched alkanes of at least 4 members (excludes halogenated alkanes) is 2. The van der Waals surface area contributed by atoms with E-state index >= 15 is 0 Å². The van der Waals surface area contributed by atoms with Crippen LogP contribution in [0.25, 0.3) is 33.1 Å². The first-order valence-corrected chi connectivity index (χ1v) is 11.7. The molecular formula is C27H26N6O2. The molecule has 8 nitrogen and oxygen atoms in total. The number of hydrogen-bond acceptors (Lipinski definition) is 6. The van der Waals surface area contributed by atoms with Gasteiger partial charge in [-0.3, -0.25) is 14.7 Å². The Hall–Kier alpha value is -4.30. The van der Waals surface area contributed by atoms with E-state index in [1.165, 1.54) is 0 Å². The van der Waals surface area contributed by atoms with Gasteiger partial charge in [0.25, 0.3) is 0 Å². The lowest BCUT2D eigenvalue weighted by molar-refractivity contribution is -0.129. The summed E-state index contributed by atoms with van der Waals surface area (Å²) in [6.07, 6.45) is 4.74. The number of nitrogens with one attached hydrogen (secondary N) is 2. The number of pyridine rings is 1. The van der Waals surface area contributed by atoms with Crippen molar-refractivity contribution in [2.24, 2.45) is 0 Å². The third kappa shape index (κ3) is 5.12. The smallest absolute Gasteiger partial charge is 0.243 e. The van der Waals surface area contributed by atoms with Crippen molar-refractivity contribution in [2.75, 3.05) is 5.32 Å². The van der Waals surface area contributed by atoms with E-state index in [9.17, 15) is 4.79 Å². The van der Waals surface area contributed by atoms with Crippen LogP contribution in [-0.4, -0.2) is 31.1 Å². The molecule has 3 N–H and O–H groups in total. The monoisotopic (exact) mass is 466 g/mol. The average Bonchev–Trinajstić information content (AvgIpc) is 3.37. The molecule has 0 saturated carbocycles. The second-order valence-electron chi connectivity index (χ2n) is 8.44. The minimum Gasteiger partial charge on any atom is -0.354 e. The van der Waals surface area contributed by atoms with Gasteiger partial charge >= 0.3 is 0 Å². The maximum atomic E-state index is 11.1. The highest BCUT2D eigenvalue weighted by molar-refractivity contribution is 6.08. The molecule has 0 unspecified atom stereocenters. The molecule has 5 aromatic rings. The molecule has 0 fully saturated rings. The van der Waals surface area contributed by atoms with Crippen molar-refractivity contribution in [3.05, 3.63) is 79.0 Å². The topological polar surface area (TPSA) is 105 Å². The van der Waals surface area contributed by atoms with E-state index in [1.807, 2.05) is 65.5 Å². The standard InChI is InChI=1S/C27H26N6O2/c34-26(31-35)15-2-1-7-16-33-18-25(30-32-33)19-9-8-10-20(17-19)28-27-21-11-3-5-13-23(21)29-24-14-6-4-12-22(24)27/h3-6,8-14,17-18,35H,1-2,7,15-16H2,(H,28,29)(H,31,34). The average molecular weight is 467 g/mol. The summed E-state index contributed by atoms with van der Waals surface area (Å²) in [4.78, 5) is 15.9. The van der Waals surface area contributed by atoms with Crippen molar-refractivity contribution < 1.29 is 10.0 Å². The van der Waals surface area contributed by atoms with E-state index in [0.29, 0.717) is 6.42 Å². The molecule has 0 bridgehead atoms. The van der Waals surface area contributed by atoms with Gasteiger partial charge < -0.3 is 5.32 Å². The number of hydroxylamine groups is 1. The van der Waals surface area contributed by atoms with Crippen molar-refractivity contribution in [1.82, 2.24) is 25.5 Å². The van der Waals surface area contributed by atoms with Crippen LogP contribution in [0.2, 0.25) is 0 Å². The Labute approximate surface area is 202 Å². The highest BCUT2D eigenvalue weighted by Gasteiger charge is 2.10. The van der Waals surface area contributed by atoms with Gasteiger partial charge in [-0.25, -0.2) is 10.5 Å². The SMILES string of the molecule is O=C(CCCCCn1cc(-c2cccc(Nc3c4ccccc4nc4ccccc34)c2)nn1)NO. The molecule has 35 heavy (non-hydrogen) atoms. The van der Waals surface area contributed by atoms with Gasteiger partial charge in [0.05, 0.1) is 22.9 Å². The Bertz CT molecular complexity index is 1430. The van der Waals surface area contributed by atoms with Crippen LogP contribution in [0.3, 0.4) is 0 Å². The summed E-state index contributed by atoms with van der Waals surface area (Å²) in [6, 6.07) is 24.4. The van der Waals surface area contributed by atoms with Crippen molar-refractivity contribution in [1.29, 1.82) is 0 Å². The predicted octanol–water partition coefficient (Wildman–Crippen LogP) is 5.46. The summed E-state index contributed by atoms with van der Waals surface area (Å²) >= 11 is 0. The number of aryl methyl sites for hydroxylation is 1. The number of nitrogens with zero attached hydrogens (tertiary/aromatic N) is 4. The molecule has 0 atom stereocenters. The molecule has 0 radical (unpaired) electrons. The second kappa shape index (κ2) is 10.3. The highest BCUT2D eigenvalue weighted by atomic mass is 16.5. The van der Waals surface area contributed by atoms with E-state index in [-0.39, 0.29) is 5.91 Å². The minimum atomic E-state index is -0.353. The normalized spacial score (nSPS) is 11.1.